The second kappa shape index (κ2) is 4.23. The lowest BCUT2D eigenvalue weighted by atomic mass is 10.1. The Labute approximate surface area is 94.1 Å². The number of nitrogens with zero attached hydrogens (tertiary/aromatic N) is 1. The molecule has 1 atom stereocenters. The van der Waals surface area contributed by atoms with E-state index in [0.29, 0.717) is 6.54 Å². The number of benzene rings is 1. The predicted octanol–water partition coefficient (Wildman–Crippen LogP) is 0.585. The van der Waals surface area contributed by atoms with Crippen LogP contribution in [0.3, 0.4) is 0 Å². The maximum Gasteiger partial charge on any atom is 0.229 e. The first-order chi connectivity index (χ1) is 7.63. The van der Waals surface area contributed by atoms with E-state index in [1.807, 2.05) is 19.1 Å². The molecule has 2 N–H and O–H groups in total. The zero-order chi connectivity index (χ0) is 11.7. The molecule has 86 valence electrons. The maximum absolute atomic E-state index is 11.7. The summed E-state index contributed by atoms with van der Waals surface area (Å²) in [6, 6.07) is 5.54. The van der Waals surface area contributed by atoms with Gasteiger partial charge in [0.15, 0.2) is 0 Å². The number of carbonyl (C=O) groups is 1. The smallest absolute Gasteiger partial charge is 0.229 e. The summed E-state index contributed by atoms with van der Waals surface area (Å²) in [7, 11) is 0. The molecule has 1 aromatic carbocycles. The number of hydrogen-bond donors (Lipinski definition) is 2. The molecule has 4 heteroatoms. The molecule has 1 amide bonds. The van der Waals surface area contributed by atoms with Crippen LogP contribution in [0.15, 0.2) is 18.2 Å². The number of anilines is 1. The third kappa shape index (κ3) is 1.81. The second-order valence-corrected chi connectivity index (χ2v) is 4.10. The fourth-order valence-electron chi connectivity index (χ4n) is 2.14. The first-order valence-corrected chi connectivity index (χ1v) is 5.31. The van der Waals surface area contributed by atoms with Crippen molar-refractivity contribution in [2.75, 3.05) is 11.4 Å². The summed E-state index contributed by atoms with van der Waals surface area (Å²) >= 11 is 0. The van der Waals surface area contributed by atoms with Gasteiger partial charge in [0, 0.05) is 5.56 Å². The Balaban J connectivity index is 2.43. The van der Waals surface area contributed by atoms with Gasteiger partial charge in [0.05, 0.1) is 31.4 Å². The van der Waals surface area contributed by atoms with Gasteiger partial charge in [-0.2, -0.15) is 0 Å². The number of amides is 1. The topological polar surface area (TPSA) is 60.8 Å². The van der Waals surface area contributed by atoms with Gasteiger partial charge in [-0.1, -0.05) is 18.2 Å². The van der Waals surface area contributed by atoms with Crippen LogP contribution in [0, 0.1) is 6.92 Å². The van der Waals surface area contributed by atoms with E-state index in [1.54, 1.807) is 11.0 Å². The lowest BCUT2D eigenvalue weighted by Gasteiger charge is -2.21. The molecule has 2 rings (SSSR count). The molecule has 1 unspecified atom stereocenters. The summed E-state index contributed by atoms with van der Waals surface area (Å²) < 4.78 is 0. The number of carbonyl (C=O) groups excluding carboxylic acids is 1. The predicted molar refractivity (Wildman–Crippen MR) is 60.1 cm³/mol. The van der Waals surface area contributed by atoms with Gasteiger partial charge in [-0.3, -0.25) is 4.79 Å². The number of hydrogen-bond acceptors (Lipinski definition) is 3. The van der Waals surface area contributed by atoms with E-state index in [0.717, 1.165) is 16.8 Å². The lowest BCUT2D eigenvalue weighted by molar-refractivity contribution is -0.117. The van der Waals surface area contributed by atoms with Gasteiger partial charge in [-0.15, -0.1) is 0 Å². The molecule has 16 heavy (non-hydrogen) atoms. The molecule has 0 spiro atoms. The Hall–Kier alpha value is -1.39. The number of aryl methyl sites for hydroxylation is 1. The molecule has 1 fully saturated rings. The Kier molecular flexibility index (Phi) is 2.94. The van der Waals surface area contributed by atoms with Crippen molar-refractivity contribution in [3.63, 3.8) is 0 Å². The number of para-hydroxylation sites is 1. The first-order valence-electron chi connectivity index (χ1n) is 5.31. The zero-order valence-corrected chi connectivity index (χ0v) is 9.18. The minimum absolute atomic E-state index is 0.0866. The molecule has 1 saturated heterocycles. The summed E-state index contributed by atoms with van der Waals surface area (Å²) in [5.74, 6) is -0.0866. The van der Waals surface area contributed by atoms with Gasteiger partial charge in [-0.05, 0) is 12.5 Å². The minimum Gasteiger partial charge on any atom is -0.392 e. The SMILES string of the molecule is Cc1cccc(CO)c1N1CC(O)CC1=O. The molecule has 0 radical (unpaired) electrons. The summed E-state index contributed by atoms with van der Waals surface area (Å²) in [5.41, 5.74) is 2.41. The van der Waals surface area contributed by atoms with E-state index in [4.69, 9.17) is 0 Å². The van der Waals surface area contributed by atoms with Crippen LogP contribution in [0.1, 0.15) is 17.5 Å². The maximum atomic E-state index is 11.7. The number of rotatable bonds is 2. The number of β-amino-alcohol motifs (C(OH)–C–C–N with tert-alkyl or cyclic N) is 1. The van der Waals surface area contributed by atoms with Crippen LogP contribution in [0.4, 0.5) is 5.69 Å². The fraction of sp³-hybridized carbons (Fsp3) is 0.417. The van der Waals surface area contributed by atoms with Gasteiger partial charge < -0.3 is 15.1 Å². The molecule has 0 saturated carbocycles. The Morgan fingerprint density at radius 3 is 2.81 bits per heavy atom. The Bertz CT molecular complexity index is 417. The van der Waals surface area contributed by atoms with E-state index in [1.165, 1.54) is 0 Å². The van der Waals surface area contributed by atoms with Crippen molar-refractivity contribution in [3.05, 3.63) is 29.3 Å². The Morgan fingerprint density at radius 1 is 1.50 bits per heavy atom. The van der Waals surface area contributed by atoms with Crippen molar-refractivity contribution >= 4 is 11.6 Å². The zero-order valence-electron chi connectivity index (χ0n) is 9.18. The molecule has 0 aromatic heterocycles. The highest BCUT2D eigenvalue weighted by Crippen LogP contribution is 2.29. The largest absolute Gasteiger partial charge is 0.392 e. The van der Waals surface area contributed by atoms with Gasteiger partial charge in [0.25, 0.3) is 0 Å². The summed E-state index contributed by atoms with van der Waals surface area (Å²) in [5, 5.41) is 18.7. The van der Waals surface area contributed by atoms with Gasteiger partial charge >= 0.3 is 0 Å². The molecule has 0 aliphatic carbocycles. The van der Waals surface area contributed by atoms with E-state index < -0.39 is 6.10 Å². The average molecular weight is 221 g/mol. The lowest BCUT2D eigenvalue weighted by Crippen LogP contribution is -2.27. The summed E-state index contributed by atoms with van der Waals surface area (Å²) in [6.07, 6.45) is -0.433. The monoisotopic (exact) mass is 221 g/mol. The average Bonchev–Trinajstić information content (AvgIpc) is 2.57. The second-order valence-electron chi connectivity index (χ2n) is 4.10. The van der Waals surface area contributed by atoms with Crippen LogP contribution in [0.5, 0.6) is 0 Å². The summed E-state index contributed by atoms with van der Waals surface area (Å²) in [6.45, 7) is 2.11. The quantitative estimate of drug-likeness (QED) is 0.768. The van der Waals surface area contributed by atoms with Gasteiger partial charge in [0.2, 0.25) is 5.91 Å². The van der Waals surface area contributed by atoms with Crippen molar-refractivity contribution in [2.24, 2.45) is 0 Å². The van der Waals surface area contributed by atoms with E-state index >= 15 is 0 Å². The number of aliphatic hydroxyl groups is 2. The molecular weight excluding hydrogens is 206 g/mol. The third-order valence-corrected chi connectivity index (χ3v) is 2.87. The van der Waals surface area contributed by atoms with Crippen molar-refractivity contribution < 1.29 is 15.0 Å². The van der Waals surface area contributed by atoms with Crippen LogP contribution in [0.2, 0.25) is 0 Å². The van der Waals surface area contributed by atoms with Crippen LogP contribution in [0.25, 0.3) is 0 Å². The van der Waals surface area contributed by atoms with Gasteiger partial charge in [-0.25, -0.2) is 0 Å². The highest BCUT2D eigenvalue weighted by atomic mass is 16.3. The first kappa shape index (κ1) is 11.1. The molecule has 4 nitrogen and oxygen atoms in total. The third-order valence-electron chi connectivity index (χ3n) is 2.87. The highest BCUT2D eigenvalue weighted by Gasteiger charge is 2.30. The molecule has 0 bridgehead atoms. The Morgan fingerprint density at radius 2 is 2.25 bits per heavy atom. The molecule has 1 heterocycles. The molecule has 1 aliphatic heterocycles. The van der Waals surface area contributed by atoms with E-state index in [9.17, 15) is 15.0 Å². The van der Waals surface area contributed by atoms with Crippen LogP contribution in [-0.4, -0.2) is 28.8 Å². The van der Waals surface area contributed by atoms with E-state index in [-0.39, 0.29) is 18.9 Å². The van der Waals surface area contributed by atoms with E-state index in [2.05, 4.69) is 0 Å². The van der Waals surface area contributed by atoms with Crippen molar-refractivity contribution in [1.82, 2.24) is 0 Å². The van der Waals surface area contributed by atoms with Crippen LogP contribution < -0.4 is 4.90 Å². The minimum atomic E-state index is -0.598. The summed E-state index contributed by atoms with van der Waals surface area (Å²) in [4.78, 5) is 13.3. The fourth-order valence-corrected chi connectivity index (χ4v) is 2.14. The molecular formula is C12H15NO3. The van der Waals surface area contributed by atoms with Crippen LogP contribution >= 0.6 is 0 Å². The number of aliphatic hydroxyl groups excluding tert-OH is 2. The molecule has 1 aromatic rings. The highest BCUT2D eigenvalue weighted by molar-refractivity contribution is 5.97. The standard InChI is InChI=1S/C12H15NO3/c1-8-3-2-4-9(7-14)12(8)13-6-10(15)5-11(13)16/h2-4,10,14-15H,5-7H2,1H3. The van der Waals surface area contributed by atoms with Crippen molar-refractivity contribution in [1.29, 1.82) is 0 Å². The molecule has 1 aliphatic rings. The van der Waals surface area contributed by atoms with Crippen molar-refractivity contribution in [2.45, 2.75) is 26.1 Å². The van der Waals surface area contributed by atoms with Gasteiger partial charge in [0.1, 0.15) is 0 Å². The van der Waals surface area contributed by atoms with Crippen molar-refractivity contribution in [3.8, 4) is 0 Å². The normalized spacial score (nSPS) is 20.6. The van der Waals surface area contributed by atoms with Crippen LogP contribution in [-0.2, 0) is 11.4 Å².